The van der Waals surface area contributed by atoms with Crippen molar-refractivity contribution in [2.24, 2.45) is 57.8 Å². The topological polar surface area (TPSA) is 133 Å². The van der Waals surface area contributed by atoms with Gasteiger partial charge in [0.2, 0.25) is 0 Å². The van der Waals surface area contributed by atoms with Gasteiger partial charge in [-0.25, -0.2) is 4.98 Å². The van der Waals surface area contributed by atoms with Crippen LogP contribution in [0.15, 0.2) is 12.4 Å². The number of aryl methyl sites for hydroxylation is 1. The smallest absolute Gasteiger partial charge is 0.303 e. The van der Waals surface area contributed by atoms with Gasteiger partial charge in [-0.3, -0.25) is 9.59 Å². The number of ether oxygens (including phenoxy) is 4. The van der Waals surface area contributed by atoms with Crippen LogP contribution in [0.4, 0.5) is 0 Å². The molecule has 11 heteroatoms. The highest BCUT2D eigenvalue weighted by Crippen LogP contribution is 2.89. The van der Waals surface area contributed by atoms with Crippen LogP contribution in [0.3, 0.4) is 0 Å². The van der Waals surface area contributed by atoms with E-state index in [2.05, 4.69) is 39.6 Å². The van der Waals surface area contributed by atoms with Crippen molar-refractivity contribution in [1.82, 2.24) is 14.5 Å². The van der Waals surface area contributed by atoms with Gasteiger partial charge in [-0.05, 0) is 111 Å². The fraction of sp³-hybridized carbons (Fsp3) is 0.878. The number of carbonyl (C=O) groups excluding carboxylic acids is 2. The molecule has 2 spiro atoms. The average Bonchev–Trinajstić information content (AvgIpc) is 3.48. The number of hydrogen-bond acceptors (Lipinski definition) is 9. The first-order valence-electron chi connectivity index (χ1n) is 20.1. The maximum atomic E-state index is 13.3. The minimum atomic E-state index is -1.27. The van der Waals surface area contributed by atoms with E-state index in [1.807, 2.05) is 11.9 Å². The highest BCUT2D eigenvalue weighted by Gasteiger charge is 2.84. The summed E-state index contributed by atoms with van der Waals surface area (Å²) in [6, 6.07) is 0. The first-order valence-corrected chi connectivity index (χ1v) is 20.1. The van der Waals surface area contributed by atoms with Crippen LogP contribution >= 0.6 is 0 Å². The lowest BCUT2D eigenvalue weighted by Crippen LogP contribution is -2.60. The molecule has 1 aromatic heterocycles. The molecule has 2 aliphatic heterocycles. The number of fused-ring (bicyclic) bond motifs is 4. The van der Waals surface area contributed by atoms with Crippen LogP contribution in [0, 0.1) is 50.7 Å². The van der Waals surface area contributed by atoms with E-state index in [0.717, 1.165) is 32.1 Å². The lowest BCUT2D eigenvalue weighted by molar-refractivity contribution is -0.245. The first-order chi connectivity index (χ1) is 24.3. The standard InChI is InChI=1S/C41H63N3O8/c1-23-20-25(33(37(5,6)48)50-24(2)45)51-31-30(23)38(7)14-15-41-22-40(41)13-12-28(36(3,4)26(40)10-11-27(41)39(38,8)32(31)46)52-29-21-44(18-19-49-29)35(47)34-42-16-17-43(34)9/h16-17,23,25-33,46,48H,10-15,18-22H2,1-9H3/t23-,25?,26+,27?,28?,29+,30+,31?,32+,33?,38?,39-,40?,41?/m1/s1. The molecule has 14 atom stereocenters. The van der Waals surface area contributed by atoms with E-state index in [1.165, 1.54) is 19.8 Å². The third-order valence-corrected chi connectivity index (χ3v) is 16.7. The van der Waals surface area contributed by atoms with Crippen molar-refractivity contribution in [1.29, 1.82) is 0 Å². The Hall–Kier alpha value is -2.05. The number of nitrogens with zero attached hydrogens (tertiary/aromatic N) is 3. The SMILES string of the molecule is CC(=O)OC(C1C[C@@H](C)[C@H]2C(O1)[C@H](O)[C@@]1(C)C3CC[C@H]4C(C)(C)C(O[C@H]5CN(C(=O)c6nccn6C)CCO5)CCC45CC35CCC21C)C(C)(C)O. The third kappa shape index (κ3) is 4.96. The van der Waals surface area contributed by atoms with Gasteiger partial charge in [0, 0.05) is 38.3 Å². The number of esters is 1. The predicted octanol–water partition coefficient (Wildman–Crippen LogP) is 5.12. The molecule has 0 radical (unpaired) electrons. The van der Waals surface area contributed by atoms with Gasteiger partial charge < -0.3 is 38.6 Å². The molecule has 1 amide bonds. The minimum absolute atomic E-state index is 0.0297. The molecular formula is C41H63N3O8. The summed E-state index contributed by atoms with van der Waals surface area (Å²) in [5.41, 5.74) is -1.32. The van der Waals surface area contributed by atoms with Crippen molar-refractivity contribution >= 4 is 11.9 Å². The summed E-state index contributed by atoms with van der Waals surface area (Å²) in [4.78, 5) is 31.5. The van der Waals surface area contributed by atoms with Crippen LogP contribution < -0.4 is 0 Å². The maximum Gasteiger partial charge on any atom is 0.303 e. The zero-order valence-corrected chi connectivity index (χ0v) is 32.9. The van der Waals surface area contributed by atoms with Crippen molar-refractivity contribution in [3.8, 4) is 0 Å². The molecule has 8 rings (SSSR count). The van der Waals surface area contributed by atoms with Crippen molar-refractivity contribution in [2.75, 3.05) is 19.7 Å². The predicted molar refractivity (Wildman–Crippen MR) is 192 cm³/mol. The molecule has 3 heterocycles. The monoisotopic (exact) mass is 725 g/mol. The summed E-state index contributed by atoms with van der Waals surface area (Å²) in [6.07, 6.45) is 9.13. The normalized spacial score (nSPS) is 46.9. The summed E-state index contributed by atoms with van der Waals surface area (Å²) >= 11 is 0. The molecule has 1 aromatic rings. The van der Waals surface area contributed by atoms with Gasteiger partial charge in [-0.1, -0.05) is 34.6 Å². The maximum absolute atomic E-state index is 13.3. The van der Waals surface area contributed by atoms with Crippen LogP contribution in [-0.4, -0.2) is 98.6 Å². The third-order valence-electron chi connectivity index (χ3n) is 16.7. The Kier molecular flexibility index (Phi) is 8.50. The molecule has 7 aliphatic rings. The molecule has 2 saturated heterocycles. The second-order valence-electron chi connectivity index (χ2n) is 19.8. The van der Waals surface area contributed by atoms with Crippen molar-refractivity contribution in [3.63, 3.8) is 0 Å². The van der Waals surface area contributed by atoms with Gasteiger partial charge in [0.05, 0.1) is 43.2 Å². The fourth-order valence-corrected chi connectivity index (χ4v) is 14.4. The van der Waals surface area contributed by atoms with E-state index < -0.39 is 36.2 Å². The van der Waals surface area contributed by atoms with E-state index in [4.69, 9.17) is 18.9 Å². The fourth-order valence-electron chi connectivity index (χ4n) is 14.4. The number of hydrogen-bond donors (Lipinski definition) is 2. The van der Waals surface area contributed by atoms with Crippen LogP contribution in [-0.2, 0) is 30.8 Å². The average molecular weight is 726 g/mol. The van der Waals surface area contributed by atoms with Gasteiger partial charge in [0.1, 0.15) is 0 Å². The Morgan fingerprint density at radius 1 is 1.08 bits per heavy atom. The molecule has 11 nitrogen and oxygen atoms in total. The molecule has 52 heavy (non-hydrogen) atoms. The molecule has 0 bridgehead atoms. The van der Waals surface area contributed by atoms with E-state index in [0.29, 0.717) is 43.8 Å². The molecule has 7 fully saturated rings. The quantitative estimate of drug-likeness (QED) is 0.384. The zero-order chi connectivity index (χ0) is 37.4. The molecule has 2 N–H and O–H groups in total. The summed E-state index contributed by atoms with van der Waals surface area (Å²) < 4.78 is 27.3. The molecule has 5 saturated carbocycles. The highest BCUT2D eigenvalue weighted by molar-refractivity contribution is 5.90. The Balaban J connectivity index is 1.01. The summed E-state index contributed by atoms with van der Waals surface area (Å²) in [7, 11) is 1.84. The van der Waals surface area contributed by atoms with Crippen LogP contribution in [0.25, 0.3) is 0 Å². The van der Waals surface area contributed by atoms with Gasteiger partial charge in [-0.15, -0.1) is 0 Å². The second-order valence-corrected chi connectivity index (χ2v) is 19.8. The number of aliphatic hydroxyl groups is 2. The first kappa shape index (κ1) is 36.9. The van der Waals surface area contributed by atoms with Crippen LogP contribution in [0.1, 0.15) is 117 Å². The number of aromatic nitrogens is 2. The Labute approximate surface area is 309 Å². The van der Waals surface area contributed by atoms with Crippen molar-refractivity contribution in [3.05, 3.63) is 18.2 Å². The number of amides is 1. The van der Waals surface area contributed by atoms with Gasteiger partial charge in [0.25, 0.3) is 5.91 Å². The van der Waals surface area contributed by atoms with Crippen LogP contribution in [0.5, 0.6) is 0 Å². The lowest BCUT2D eigenvalue weighted by atomic mass is 9.41. The number of morpholine rings is 1. The molecular weight excluding hydrogens is 662 g/mol. The van der Waals surface area contributed by atoms with E-state index >= 15 is 0 Å². The van der Waals surface area contributed by atoms with Gasteiger partial charge in [0.15, 0.2) is 18.2 Å². The Morgan fingerprint density at radius 2 is 1.79 bits per heavy atom. The van der Waals surface area contributed by atoms with Gasteiger partial charge >= 0.3 is 5.97 Å². The number of imidazole rings is 1. The summed E-state index contributed by atoms with van der Waals surface area (Å²) in [6.45, 7) is 18.0. The number of aliphatic hydroxyl groups excluding tert-OH is 1. The summed E-state index contributed by atoms with van der Waals surface area (Å²) in [5, 5.41) is 23.7. The van der Waals surface area contributed by atoms with E-state index in [9.17, 15) is 19.8 Å². The van der Waals surface area contributed by atoms with Crippen molar-refractivity contribution < 1.29 is 38.7 Å². The Bertz CT molecular complexity index is 1590. The Morgan fingerprint density at radius 3 is 2.46 bits per heavy atom. The molecule has 290 valence electrons. The van der Waals surface area contributed by atoms with E-state index in [1.54, 1.807) is 30.8 Å². The minimum Gasteiger partial charge on any atom is -0.457 e. The highest BCUT2D eigenvalue weighted by atomic mass is 16.7. The second kappa shape index (κ2) is 12.0. The molecule has 0 aromatic carbocycles. The van der Waals surface area contributed by atoms with Crippen molar-refractivity contribution in [2.45, 2.75) is 149 Å². The number of rotatable bonds is 6. The molecule has 5 aliphatic carbocycles. The molecule has 8 unspecified atom stereocenters. The number of carbonyl (C=O) groups is 2. The zero-order valence-electron chi connectivity index (χ0n) is 32.9. The van der Waals surface area contributed by atoms with Gasteiger partial charge in [-0.2, -0.15) is 0 Å². The largest absolute Gasteiger partial charge is 0.457 e. The summed E-state index contributed by atoms with van der Waals surface area (Å²) in [5.74, 6) is 1.24. The van der Waals surface area contributed by atoms with E-state index in [-0.39, 0.29) is 57.0 Å². The van der Waals surface area contributed by atoms with Crippen LogP contribution in [0.2, 0.25) is 0 Å². The lowest BCUT2D eigenvalue weighted by Gasteiger charge is -2.64.